The minimum Gasteiger partial charge on any atom is -0.376 e. The summed E-state index contributed by atoms with van der Waals surface area (Å²) in [5, 5.41) is 22.9. The van der Waals surface area contributed by atoms with E-state index in [1.54, 1.807) is 60.7 Å². The Balaban J connectivity index is 1.58. The highest BCUT2D eigenvalue weighted by atomic mass is 16.6. The monoisotopic (exact) mass is 1120 g/mol. The summed E-state index contributed by atoms with van der Waals surface area (Å²) in [5.74, 6) is -5.72. The van der Waals surface area contributed by atoms with E-state index < -0.39 is 132 Å². The highest BCUT2D eigenvalue weighted by Crippen LogP contribution is 2.27. The van der Waals surface area contributed by atoms with Gasteiger partial charge in [0.25, 0.3) is 11.8 Å². The molecule has 0 radical (unpaired) electrons. The zero-order valence-corrected chi connectivity index (χ0v) is 47.1. The SMILES string of the molecule is CO[C@@H]1[C@H](NC(=O)[C@@H](N)CCCCN)[C@H]2CNC(=O)[C@H](CC(C)C)NC(=O)[C@H](Cc3ccccc3)NC(=O)[C@@H]3O[C@H](CNC(=O)[C@H](CC(C)C)NC(=O)[C@H](Cc4ccccc4)NC(=O)[C@@H]1O2)[C@@H](NC(=O)[C@@H](N)CCCCN)[C@H]3OC. The summed E-state index contributed by atoms with van der Waals surface area (Å²) in [6.07, 6.45) is -4.32. The van der Waals surface area contributed by atoms with Crippen molar-refractivity contribution in [1.29, 1.82) is 0 Å². The zero-order valence-electron chi connectivity index (χ0n) is 47.1. The molecule has 0 spiro atoms. The third-order valence-corrected chi connectivity index (χ3v) is 14.5. The maximum Gasteiger partial charge on any atom is 0.252 e. The van der Waals surface area contributed by atoms with Gasteiger partial charge in [-0.05, 0) is 74.6 Å². The van der Waals surface area contributed by atoms with Gasteiger partial charge in [0.1, 0.15) is 36.4 Å². The molecule has 8 amide bonds. The maximum atomic E-state index is 14.7. The van der Waals surface area contributed by atoms with Crippen molar-refractivity contribution in [2.24, 2.45) is 34.8 Å². The molecular formula is C56H88N12O12. The molecule has 2 aromatic rings. The van der Waals surface area contributed by atoms with E-state index in [4.69, 9.17) is 41.9 Å². The second kappa shape index (κ2) is 32.4. The first kappa shape index (κ1) is 64.7. The van der Waals surface area contributed by atoms with Crippen LogP contribution in [0.25, 0.3) is 0 Å². The number of fused-ring (bicyclic) bond motifs is 4. The van der Waals surface area contributed by atoms with Crippen molar-refractivity contribution in [2.45, 2.75) is 177 Å². The molecule has 80 heavy (non-hydrogen) atoms. The Hall–Kier alpha value is -6.12. The third kappa shape index (κ3) is 19.0. The van der Waals surface area contributed by atoms with Crippen LogP contribution < -0.4 is 65.5 Å². The van der Waals surface area contributed by atoms with E-state index >= 15 is 0 Å². The van der Waals surface area contributed by atoms with E-state index in [9.17, 15) is 38.4 Å². The molecule has 24 heteroatoms. The van der Waals surface area contributed by atoms with E-state index in [1.807, 2.05) is 27.7 Å². The summed E-state index contributed by atoms with van der Waals surface area (Å²) >= 11 is 0. The first-order chi connectivity index (χ1) is 38.3. The van der Waals surface area contributed by atoms with Crippen molar-refractivity contribution in [3.05, 3.63) is 71.8 Å². The number of methoxy groups -OCH3 is 2. The summed E-state index contributed by atoms with van der Waals surface area (Å²) in [7, 11) is 2.66. The summed E-state index contributed by atoms with van der Waals surface area (Å²) in [4.78, 5) is 115. The van der Waals surface area contributed by atoms with Gasteiger partial charge in [0, 0.05) is 40.2 Å². The van der Waals surface area contributed by atoms with Crippen molar-refractivity contribution in [2.75, 3.05) is 40.4 Å². The van der Waals surface area contributed by atoms with Crippen LogP contribution in [0, 0.1) is 11.8 Å². The molecule has 5 rings (SSSR count). The largest absolute Gasteiger partial charge is 0.376 e. The molecule has 3 aliphatic heterocycles. The number of amides is 8. The summed E-state index contributed by atoms with van der Waals surface area (Å²) in [5.41, 5.74) is 25.4. The average molecular weight is 1120 g/mol. The highest BCUT2D eigenvalue weighted by molar-refractivity contribution is 5.95. The number of hydrogen-bond donors (Lipinski definition) is 12. The van der Waals surface area contributed by atoms with Gasteiger partial charge in [-0.15, -0.1) is 0 Å². The van der Waals surface area contributed by atoms with Gasteiger partial charge in [0.05, 0.1) is 36.4 Å². The first-order valence-electron chi connectivity index (χ1n) is 28.0. The van der Waals surface area contributed by atoms with Crippen LogP contribution in [-0.4, -0.2) is 173 Å². The second-order valence-corrected chi connectivity index (χ2v) is 21.8. The van der Waals surface area contributed by atoms with Crippen LogP contribution in [-0.2, 0) is 70.1 Å². The van der Waals surface area contributed by atoms with Crippen LogP contribution in [0.3, 0.4) is 0 Å². The molecule has 0 saturated carbocycles. The molecule has 3 aliphatic rings. The molecule has 0 aliphatic carbocycles. The zero-order chi connectivity index (χ0) is 58.5. The van der Waals surface area contributed by atoms with Crippen molar-refractivity contribution < 1.29 is 57.3 Å². The van der Waals surface area contributed by atoms with Crippen LogP contribution in [0.15, 0.2) is 60.7 Å². The number of rotatable bonds is 22. The molecule has 0 aromatic heterocycles. The van der Waals surface area contributed by atoms with Crippen molar-refractivity contribution in [3.8, 4) is 0 Å². The minimum atomic E-state index is -1.47. The lowest BCUT2D eigenvalue weighted by Gasteiger charge is -2.28. The van der Waals surface area contributed by atoms with Gasteiger partial charge >= 0.3 is 0 Å². The van der Waals surface area contributed by atoms with Crippen molar-refractivity contribution in [3.63, 3.8) is 0 Å². The fraction of sp³-hybridized carbons (Fsp3) is 0.643. The summed E-state index contributed by atoms with van der Waals surface area (Å²) < 4.78 is 24.6. The fourth-order valence-corrected chi connectivity index (χ4v) is 10.2. The molecule has 3 saturated heterocycles. The predicted octanol–water partition coefficient (Wildman–Crippen LogP) is -1.80. The normalized spacial score (nSPS) is 28.1. The van der Waals surface area contributed by atoms with E-state index in [0.717, 1.165) is 0 Å². The quantitative estimate of drug-likeness (QED) is 0.0579. The molecule has 2 aromatic carbocycles. The van der Waals surface area contributed by atoms with Crippen LogP contribution in [0.1, 0.15) is 90.2 Å². The molecule has 4 bridgehead atoms. The number of hydrogen-bond acceptors (Lipinski definition) is 16. The molecule has 0 unspecified atom stereocenters. The number of nitrogens with one attached hydrogen (secondary N) is 8. The van der Waals surface area contributed by atoms with Gasteiger partial charge in [-0.3, -0.25) is 38.4 Å². The van der Waals surface area contributed by atoms with Gasteiger partial charge in [-0.2, -0.15) is 0 Å². The molecule has 14 atom stereocenters. The first-order valence-corrected chi connectivity index (χ1v) is 28.0. The lowest BCUT2D eigenvalue weighted by molar-refractivity contribution is -0.141. The van der Waals surface area contributed by atoms with E-state index in [0.29, 0.717) is 62.7 Å². The minimum absolute atomic E-state index is 0.0290. The Morgan fingerprint density at radius 2 is 0.887 bits per heavy atom. The van der Waals surface area contributed by atoms with Crippen LogP contribution in [0.4, 0.5) is 0 Å². The highest BCUT2D eigenvalue weighted by Gasteiger charge is 2.52. The van der Waals surface area contributed by atoms with Gasteiger partial charge in [0.15, 0.2) is 12.2 Å². The lowest BCUT2D eigenvalue weighted by Crippen LogP contribution is -2.59. The van der Waals surface area contributed by atoms with E-state index in [-0.39, 0.29) is 50.6 Å². The number of carbonyl (C=O) groups excluding carboxylic acids is 8. The van der Waals surface area contributed by atoms with Crippen molar-refractivity contribution >= 4 is 47.3 Å². The van der Waals surface area contributed by atoms with Gasteiger partial charge in [-0.1, -0.05) is 101 Å². The van der Waals surface area contributed by atoms with Gasteiger partial charge < -0.3 is 84.4 Å². The molecule has 444 valence electrons. The standard InChI is InChI=1S/C56H88N12O12/c1-31(2)25-37-51(71)61-29-41-43(67-49(69)35(59)21-13-15-23-57)45(77-5)48(79-41)56(76)66-40(28-34-19-11-8-12-20-34)54(74)64-38(26-32(3)4)52(72)62-30-42-44(68-50(70)36(60)22-14-16-24-58)46(78-6)47(80-42)55(75)65-39(53(73)63-37)27-33-17-9-7-10-18-33/h7-12,17-20,31-32,35-48H,13-16,21-30,57-60H2,1-6H3,(H,61,71)(H,62,72)(H,63,73)(H,64,74)(H,65,75)(H,66,76)(H,67,69)(H,68,70)/t35-,36-,37-,38-,39-,40-,41+,42+,43+,44+,45+,46+,47+,48+/m0/s1. The van der Waals surface area contributed by atoms with Crippen LogP contribution >= 0.6 is 0 Å². The molecular weight excluding hydrogens is 1030 g/mol. The Labute approximate surface area is 469 Å². The maximum absolute atomic E-state index is 14.7. The Bertz CT molecular complexity index is 2180. The van der Waals surface area contributed by atoms with Crippen molar-refractivity contribution in [1.82, 2.24) is 42.5 Å². The Kier molecular flexibility index (Phi) is 26.2. The fourth-order valence-electron chi connectivity index (χ4n) is 10.2. The topological polar surface area (TPSA) is 374 Å². The summed E-state index contributed by atoms with van der Waals surface area (Å²) in [6.45, 7) is 7.66. The summed E-state index contributed by atoms with van der Waals surface area (Å²) in [6, 6.07) is 8.72. The number of unbranched alkanes of at least 4 members (excludes halogenated alkanes) is 2. The number of nitrogens with two attached hydrogens (primary N) is 4. The second-order valence-electron chi connectivity index (χ2n) is 21.8. The number of ether oxygens (including phenoxy) is 4. The molecule has 24 nitrogen and oxygen atoms in total. The van der Waals surface area contributed by atoms with E-state index in [1.165, 1.54) is 14.2 Å². The number of carbonyl (C=O) groups is 8. The lowest BCUT2D eigenvalue weighted by atomic mass is 9.99. The predicted molar refractivity (Wildman–Crippen MR) is 297 cm³/mol. The Morgan fingerprint density at radius 3 is 1.21 bits per heavy atom. The molecule has 3 fully saturated rings. The Morgan fingerprint density at radius 1 is 0.537 bits per heavy atom. The smallest absolute Gasteiger partial charge is 0.252 e. The van der Waals surface area contributed by atoms with Crippen LogP contribution in [0.2, 0.25) is 0 Å². The van der Waals surface area contributed by atoms with Crippen LogP contribution in [0.5, 0.6) is 0 Å². The average Bonchev–Trinajstić information content (AvgIpc) is 3.97. The number of benzene rings is 2. The van der Waals surface area contributed by atoms with Gasteiger partial charge in [-0.25, -0.2) is 0 Å². The third-order valence-electron chi connectivity index (χ3n) is 14.5. The van der Waals surface area contributed by atoms with E-state index in [2.05, 4.69) is 42.5 Å². The van der Waals surface area contributed by atoms with Gasteiger partial charge in [0.2, 0.25) is 35.4 Å². The molecule has 16 N–H and O–H groups in total. The molecule has 3 heterocycles.